The molecule has 1 N–H and O–H groups in total. The van der Waals surface area contributed by atoms with Gasteiger partial charge in [0.1, 0.15) is 5.69 Å². The van der Waals surface area contributed by atoms with E-state index in [9.17, 15) is 4.79 Å². The van der Waals surface area contributed by atoms with Gasteiger partial charge in [-0.3, -0.25) is 0 Å². The van der Waals surface area contributed by atoms with Gasteiger partial charge in [-0.25, -0.2) is 9.78 Å². The van der Waals surface area contributed by atoms with Crippen molar-refractivity contribution in [2.24, 2.45) is 0 Å². The SMILES string of the molecule is C.O=C(O)/C=C/c1cccc(-c2ccccc2-c2nc(-c3ccccc3)c(-c3ccccc3)o2)c1. The van der Waals surface area contributed by atoms with Crippen molar-refractivity contribution in [3.63, 3.8) is 0 Å². The van der Waals surface area contributed by atoms with Crippen molar-refractivity contribution >= 4 is 12.0 Å². The van der Waals surface area contributed by atoms with E-state index in [4.69, 9.17) is 14.5 Å². The molecular weight excluding hydrogens is 434 g/mol. The number of aliphatic carboxylic acids is 1. The van der Waals surface area contributed by atoms with Crippen LogP contribution in [0.2, 0.25) is 0 Å². The van der Waals surface area contributed by atoms with Gasteiger partial charge < -0.3 is 9.52 Å². The lowest BCUT2D eigenvalue weighted by atomic mass is 9.98. The smallest absolute Gasteiger partial charge is 0.328 e. The number of oxazole rings is 1. The number of hydrogen-bond donors (Lipinski definition) is 1. The third kappa shape index (κ3) is 5.12. The van der Waals surface area contributed by atoms with Gasteiger partial charge in [0.25, 0.3) is 0 Å². The maximum atomic E-state index is 10.9. The second kappa shape index (κ2) is 10.5. The van der Waals surface area contributed by atoms with Crippen molar-refractivity contribution in [1.82, 2.24) is 4.98 Å². The molecule has 4 aromatic carbocycles. The summed E-state index contributed by atoms with van der Waals surface area (Å²) in [7, 11) is 0. The van der Waals surface area contributed by atoms with Crippen LogP contribution in [0.4, 0.5) is 0 Å². The molecule has 0 fully saturated rings. The Labute approximate surface area is 204 Å². The Hall–Kier alpha value is -4.70. The number of nitrogens with zero attached hydrogens (tertiary/aromatic N) is 1. The first kappa shape index (κ1) is 23.5. The summed E-state index contributed by atoms with van der Waals surface area (Å²) in [6.07, 6.45) is 2.72. The first-order chi connectivity index (χ1) is 16.7. The molecule has 0 atom stereocenters. The molecular formula is C31H25NO3. The van der Waals surface area contributed by atoms with E-state index in [0.717, 1.165) is 50.9 Å². The van der Waals surface area contributed by atoms with E-state index in [0.29, 0.717) is 5.89 Å². The molecule has 4 heteroatoms. The lowest BCUT2D eigenvalue weighted by Crippen LogP contribution is -1.88. The molecule has 172 valence electrons. The van der Waals surface area contributed by atoms with Gasteiger partial charge in [0, 0.05) is 22.8 Å². The first-order valence-corrected chi connectivity index (χ1v) is 10.9. The molecule has 35 heavy (non-hydrogen) atoms. The number of rotatable bonds is 6. The highest BCUT2D eigenvalue weighted by Gasteiger charge is 2.20. The highest BCUT2D eigenvalue weighted by molar-refractivity contribution is 5.87. The molecule has 0 unspecified atom stereocenters. The quantitative estimate of drug-likeness (QED) is 0.261. The summed E-state index contributed by atoms with van der Waals surface area (Å²) >= 11 is 0. The lowest BCUT2D eigenvalue weighted by molar-refractivity contribution is -0.131. The third-order valence-corrected chi connectivity index (χ3v) is 5.48. The van der Waals surface area contributed by atoms with Gasteiger partial charge >= 0.3 is 5.97 Å². The monoisotopic (exact) mass is 459 g/mol. The summed E-state index contributed by atoms with van der Waals surface area (Å²) < 4.78 is 6.41. The van der Waals surface area contributed by atoms with Gasteiger partial charge in [-0.05, 0) is 34.9 Å². The molecule has 1 aromatic heterocycles. The van der Waals surface area contributed by atoms with Crippen molar-refractivity contribution in [1.29, 1.82) is 0 Å². The average Bonchev–Trinajstić information content (AvgIpc) is 3.34. The van der Waals surface area contributed by atoms with E-state index in [1.165, 1.54) is 0 Å². The van der Waals surface area contributed by atoms with E-state index in [2.05, 4.69) is 0 Å². The molecule has 4 nitrogen and oxygen atoms in total. The second-order valence-electron chi connectivity index (χ2n) is 7.77. The normalized spacial score (nSPS) is 10.7. The zero-order valence-corrected chi connectivity index (χ0v) is 18.3. The number of carboxylic acid groups (broad SMARTS) is 1. The lowest BCUT2D eigenvalue weighted by Gasteiger charge is -2.08. The van der Waals surface area contributed by atoms with Gasteiger partial charge in [-0.15, -0.1) is 0 Å². The van der Waals surface area contributed by atoms with Crippen LogP contribution in [0, 0.1) is 0 Å². The number of carboxylic acids is 1. The molecule has 0 spiro atoms. The maximum Gasteiger partial charge on any atom is 0.328 e. The van der Waals surface area contributed by atoms with Crippen LogP contribution in [-0.4, -0.2) is 16.1 Å². The highest BCUT2D eigenvalue weighted by Crippen LogP contribution is 2.39. The van der Waals surface area contributed by atoms with Crippen LogP contribution in [-0.2, 0) is 4.79 Å². The molecule has 5 rings (SSSR count). The summed E-state index contributed by atoms with van der Waals surface area (Å²) in [6, 6.07) is 35.7. The third-order valence-electron chi connectivity index (χ3n) is 5.48. The minimum Gasteiger partial charge on any atom is -0.478 e. The topological polar surface area (TPSA) is 63.3 Å². The second-order valence-corrected chi connectivity index (χ2v) is 7.77. The largest absolute Gasteiger partial charge is 0.478 e. The van der Waals surface area contributed by atoms with Crippen LogP contribution in [0.3, 0.4) is 0 Å². The summed E-state index contributed by atoms with van der Waals surface area (Å²) in [6.45, 7) is 0. The van der Waals surface area contributed by atoms with Crippen LogP contribution in [0.25, 0.3) is 51.2 Å². The number of benzene rings is 4. The minimum absolute atomic E-state index is 0. The van der Waals surface area contributed by atoms with Crippen molar-refractivity contribution in [3.05, 3.63) is 121 Å². The Balaban J connectivity index is 0.00000289. The number of carbonyl (C=O) groups is 1. The van der Waals surface area contributed by atoms with Crippen molar-refractivity contribution < 1.29 is 14.3 Å². The van der Waals surface area contributed by atoms with Crippen molar-refractivity contribution in [2.75, 3.05) is 0 Å². The molecule has 0 saturated carbocycles. The molecule has 0 bridgehead atoms. The minimum atomic E-state index is -0.979. The fourth-order valence-electron chi connectivity index (χ4n) is 3.91. The Morgan fingerprint density at radius 3 is 2.00 bits per heavy atom. The molecule has 0 amide bonds. The van der Waals surface area contributed by atoms with Crippen LogP contribution in [0.1, 0.15) is 13.0 Å². The van der Waals surface area contributed by atoms with Gasteiger partial charge in [0.2, 0.25) is 5.89 Å². The number of aromatic nitrogens is 1. The predicted molar refractivity (Wildman–Crippen MR) is 142 cm³/mol. The van der Waals surface area contributed by atoms with E-state index in [1.807, 2.05) is 109 Å². The van der Waals surface area contributed by atoms with Crippen molar-refractivity contribution in [3.8, 4) is 45.2 Å². The Morgan fingerprint density at radius 2 is 1.31 bits per heavy atom. The highest BCUT2D eigenvalue weighted by atomic mass is 16.4. The van der Waals surface area contributed by atoms with Gasteiger partial charge in [-0.1, -0.05) is 104 Å². The zero-order chi connectivity index (χ0) is 23.3. The van der Waals surface area contributed by atoms with E-state index >= 15 is 0 Å². The molecule has 0 radical (unpaired) electrons. The molecule has 1 heterocycles. The van der Waals surface area contributed by atoms with Crippen LogP contribution < -0.4 is 0 Å². The van der Waals surface area contributed by atoms with Crippen LogP contribution in [0.15, 0.2) is 120 Å². The Morgan fingerprint density at radius 1 is 0.714 bits per heavy atom. The zero-order valence-electron chi connectivity index (χ0n) is 18.3. The molecule has 0 aliphatic rings. The van der Waals surface area contributed by atoms with Crippen molar-refractivity contribution in [2.45, 2.75) is 7.43 Å². The van der Waals surface area contributed by atoms with Crippen LogP contribution >= 0.6 is 0 Å². The van der Waals surface area contributed by atoms with Gasteiger partial charge in [0.05, 0.1) is 0 Å². The first-order valence-electron chi connectivity index (χ1n) is 10.9. The number of hydrogen-bond acceptors (Lipinski definition) is 3. The summed E-state index contributed by atoms with van der Waals surface area (Å²) in [4.78, 5) is 15.9. The molecule has 0 aliphatic carbocycles. The van der Waals surface area contributed by atoms with Gasteiger partial charge in [-0.2, -0.15) is 0 Å². The summed E-state index contributed by atoms with van der Waals surface area (Å²) in [5, 5.41) is 8.96. The Bertz CT molecular complexity index is 1410. The molecule has 0 aliphatic heterocycles. The maximum absolute atomic E-state index is 10.9. The standard InChI is InChI=1S/C30H21NO3.CH4/c32-27(33)19-18-21-10-9-15-24(20-21)25-16-7-8-17-26(25)30-31-28(22-11-3-1-4-12-22)29(34-30)23-13-5-2-6-14-23;/h1-20H,(H,32,33);1H4/b19-18+;. The summed E-state index contributed by atoms with van der Waals surface area (Å²) in [5.41, 5.74) is 6.29. The summed E-state index contributed by atoms with van der Waals surface area (Å²) in [5.74, 6) is 0.266. The molecule has 5 aromatic rings. The van der Waals surface area contributed by atoms with E-state index in [1.54, 1.807) is 6.08 Å². The Kier molecular flexibility index (Phi) is 7.03. The molecule has 0 saturated heterocycles. The van der Waals surface area contributed by atoms with E-state index in [-0.39, 0.29) is 7.43 Å². The average molecular weight is 460 g/mol. The van der Waals surface area contributed by atoms with Crippen LogP contribution in [0.5, 0.6) is 0 Å². The van der Waals surface area contributed by atoms with E-state index < -0.39 is 5.97 Å². The fourth-order valence-corrected chi connectivity index (χ4v) is 3.91. The fraction of sp³-hybridized carbons (Fsp3) is 0.0323. The van der Waals surface area contributed by atoms with Gasteiger partial charge in [0.15, 0.2) is 5.76 Å². The predicted octanol–water partition coefficient (Wildman–Crippen LogP) is 8.08.